The van der Waals surface area contributed by atoms with Gasteiger partial charge in [-0.25, -0.2) is 22.8 Å². The molecule has 0 rings (SSSR count). The molecule has 736 valence electrons. The molecule has 60 heteroatoms. The summed E-state index contributed by atoms with van der Waals surface area (Å²) in [6, 6.07) is 0. The minimum absolute atomic E-state index is 0.0153. The number of carbonyl (C=O) groups excluding carboxylic acids is 12. The number of ether oxygens (including phenoxy) is 12. The van der Waals surface area contributed by atoms with Crippen molar-refractivity contribution in [2.45, 2.75) is 99.5 Å². The zero-order chi connectivity index (χ0) is 96.0. The molecule has 14 N–H and O–H groups in total. The maximum atomic E-state index is 14.0. The second kappa shape index (κ2) is 64.4. The van der Waals surface area contributed by atoms with E-state index in [1.54, 1.807) is 0 Å². The van der Waals surface area contributed by atoms with E-state index < -0.39 is 330 Å². The Morgan fingerprint density at radius 1 is 0.294 bits per heavy atom. The largest absolute Gasteiger partial charge is 0.469 e. The molecule has 6 unspecified atom stereocenters. The first-order valence-electron chi connectivity index (χ1n) is 38.0. The molecule has 0 aliphatic rings. The molecule has 126 heavy (non-hydrogen) atoms. The Morgan fingerprint density at radius 2 is 0.476 bits per heavy atom. The molecule has 0 saturated heterocycles. The molecular formula is C66H118NO47P5S7. The summed E-state index contributed by atoms with van der Waals surface area (Å²) in [4.78, 5) is 249. The highest BCUT2D eigenvalue weighted by molar-refractivity contribution is 8.19. The van der Waals surface area contributed by atoms with Crippen molar-refractivity contribution in [2.24, 2.45) is 46.3 Å². The summed E-state index contributed by atoms with van der Waals surface area (Å²) in [6.45, 7) is -0.752. The van der Waals surface area contributed by atoms with E-state index in [-0.39, 0.29) is 75.5 Å². The van der Waals surface area contributed by atoms with Gasteiger partial charge in [-0.3, -0.25) is 80.2 Å². The Bertz CT molecular complexity index is 3330. The van der Waals surface area contributed by atoms with Gasteiger partial charge in [0.2, 0.25) is 5.91 Å². The van der Waals surface area contributed by atoms with E-state index in [9.17, 15) is 94.0 Å². The van der Waals surface area contributed by atoms with Crippen molar-refractivity contribution in [3.63, 3.8) is 0 Å². The predicted octanol–water partition coefficient (Wildman–Crippen LogP) is 4.17. The average molecular weight is 2060 g/mol. The van der Waals surface area contributed by atoms with Crippen molar-refractivity contribution >= 4 is 192 Å². The fraction of sp³-hybridized carbons (Fsp3) is 0.818. The third-order valence-electron chi connectivity index (χ3n) is 15.4. The summed E-state index contributed by atoms with van der Waals surface area (Å²) < 4.78 is 172. The minimum atomic E-state index is -4.88. The van der Waals surface area contributed by atoms with Crippen molar-refractivity contribution in [3.8, 4) is 0 Å². The van der Waals surface area contributed by atoms with Crippen LogP contribution in [0.5, 0.6) is 0 Å². The first-order chi connectivity index (χ1) is 58.3. The van der Waals surface area contributed by atoms with Gasteiger partial charge in [-0.1, -0.05) is 41.5 Å². The lowest BCUT2D eigenvalue weighted by Gasteiger charge is -2.35. The zero-order valence-corrected chi connectivity index (χ0v) is 80.6. The van der Waals surface area contributed by atoms with Crippen molar-refractivity contribution in [1.82, 2.24) is 5.32 Å². The molecule has 1 amide bonds. The zero-order valence-electron chi connectivity index (χ0n) is 70.4. The molecule has 0 aromatic carbocycles. The number of thioether (sulfide) groups is 6. The fourth-order valence-electron chi connectivity index (χ4n) is 8.91. The SMILES string of the molecule is CC(CSCCC(=O)OCC(COCC(COC(=O)CCSCC(C)C(=O)OCCOP(=O)(O)O)(COC(=O)CCSCC(C)C(=O)OCCOP(=O)(O)O)COC(=O)CCSCC(C)C(=O)OCCOP(=O)(O)O)(COC(=O)CCSCC(C)C(=O)OCCOP(=O)(O)O)COC(=O)CCSCC(C)C(=O)OCCOP(=O)(O)O)C(=O)NC(C)(C)CS(O)(O)O. The van der Waals surface area contributed by atoms with Crippen LogP contribution in [-0.4, -0.2) is 333 Å². The molecule has 0 spiro atoms. The van der Waals surface area contributed by atoms with E-state index in [1.807, 2.05) is 0 Å². The number of phosphoric acid groups is 5. The van der Waals surface area contributed by atoms with E-state index in [4.69, 9.17) is 106 Å². The van der Waals surface area contributed by atoms with Gasteiger partial charge in [0.05, 0.1) is 142 Å². The van der Waals surface area contributed by atoms with E-state index in [2.05, 4.69) is 27.9 Å². The van der Waals surface area contributed by atoms with Crippen LogP contribution in [0.4, 0.5) is 0 Å². The molecule has 0 saturated carbocycles. The molecule has 0 aliphatic carbocycles. The normalized spacial score (nSPS) is 14.8. The van der Waals surface area contributed by atoms with E-state index in [0.717, 1.165) is 70.6 Å². The highest BCUT2D eigenvalue weighted by Crippen LogP contribution is 2.40. The predicted molar refractivity (Wildman–Crippen MR) is 455 cm³/mol. The topological polar surface area (TPSA) is 722 Å². The van der Waals surface area contributed by atoms with Crippen molar-refractivity contribution < 1.29 is 222 Å². The first-order valence-corrected chi connectivity index (χ1v) is 54.2. The Labute approximate surface area is 754 Å². The Morgan fingerprint density at radius 3 is 0.651 bits per heavy atom. The van der Waals surface area contributed by atoms with Gasteiger partial charge in [-0.2, -0.15) is 70.6 Å². The number of phosphoric ester groups is 5. The third-order valence-corrected chi connectivity index (χ3v) is 26.4. The summed E-state index contributed by atoms with van der Waals surface area (Å²) in [5.74, 6) is -15.7. The molecular weight excluding hydrogens is 1940 g/mol. The van der Waals surface area contributed by atoms with Crippen LogP contribution in [0.1, 0.15) is 93.9 Å². The van der Waals surface area contributed by atoms with Gasteiger partial charge in [0.1, 0.15) is 72.7 Å². The molecule has 0 aromatic heterocycles. The quantitative estimate of drug-likeness (QED) is 0.0176. The number of hydrogen-bond acceptors (Lipinski definition) is 43. The van der Waals surface area contributed by atoms with Crippen LogP contribution >= 0.6 is 121 Å². The second-order valence-corrected chi connectivity index (χ2v) is 43.1. The van der Waals surface area contributed by atoms with Crippen molar-refractivity contribution in [3.05, 3.63) is 0 Å². The lowest BCUT2D eigenvalue weighted by atomic mass is 9.90. The molecule has 6 atom stereocenters. The van der Waals surface area contributed by atoms with Crippen LogP contribution in [-0.2, 0) is 160 Å². The molecule has 0 fully saturated rings. The average Bonchev–Trinajstić information content (AvgIpc) is 0.765. The molecule has 48 nitrogen and oxygen atoms in total. The van der Waals surface area contributed by atoms with Crippen molar-refractivity contribution in [2.75, 3.05) is 194 Å². The van der Waals surface area contributed by atoms with E-state index in [0.29, 0.717) is 0 Å². The Hall–Kier alpha value is -3.52. The summed E-state index contributed by atoms with van der Waals surface area (Å²) in [7, 11) is -28.4. The number of esters is 11. The van der Waals surface area contributed by atoms with Gasteiger partial charge in [0.25, 0.3) is 0 Å². The van der Waals surface area contributed by atoms with Crippen molar-refractivity contribution in [1.29, 1.82) is 0 Å². The Kier molecular flexibility index (Phi) is 62.6. The van der Waals surface area contributed by atoms with Crippen LogP contribution in [0.15, 0.2) is 0 Å². The summed E-state index contributed by atoms with van der Waals surface area (Å²) in [5.41, 5.74) is -5.32. The molecule has 0 heterocycles. The number of amides is 1. The molecule has 0 bridgehead atoms. The Balaban J connectivity index is 8.05. The van der Waals surface area contributed by atoms with Gasteiger partial charge in [-0.05, 0) is 13.8 Å². The summed E-state index contributed by atoms with van der Waals surface area (Å²) in [6.07, 6.45) is -2.39. The maximum absolute atomic E-state index is 14.0. The fourth-order valence-corrected chi connectivity index (χ4v) is 17.3. The summed E-state index contributed by atoms with van der Waals surface area (Å²) >= 11 is 6.44. The van der Waals surface area contributed by atoms with Gasteiger partial charge in [-0.15, -0.1) is 0 Å². The summed E-state index contributed by atoms with van der Waals surface area (Å²) in [5, 5.41) is 2.62. The third kappa shape index (κ3) is 69.4. The standard InChI is InChI=1S/C66H118NO47P5S7/c1-46(58(74)67-64(7,8)45-126(95,96)97)31-120-25-9-52(68)104-39-65(40-105-53(69)10-26-121-32-47(2)59(75)99-15-20-110-115(80,81)82,41-106-54(70)11-27-122-33-48(3)60(76)100-16-21-111-116(83,84)85)37-98-38-66(42-107-55(71)12-28-123-34-49(4)61(77)101-17-22-112-117(86,87)88,43-108-56(72)13-29-124-35-50(5)62(78)102-18-23-113-118(89,90)91)44-109-57(73)14-30-125-36-51(6)63(79)103-19-24-114-119(92,93)94/h46-51,95-97H,9-45H2,1-8H3,(H,67,74)(H2,80,81,82)(H2,83,84,85)(H2,86,87,88)(H2,89,90,91)(H2,92,93,94). The van der Waals surface area contributed by atoms with E-state index >= 15 is 0 Å². The smallest absolute Gasteiger partial charge is 0.465 e. The van der Waals surface area contributed by atoms with Gasteiger partial charge < -0.3 is 125 Å². The molecule has 0 aliphatic heterocycles. The molecule has 0 radical (unpaired) electrons. The lowest BCUT2D eigenvalue weighted by molar-refractivity contribution is -0.175. The highest BCUT2D eigenvalue weighted by atomic mass is 32.3. The maximum Gasteiger partial charge on any atom is 0.469 e. The van der Waals surface area contributed by atoms with Crippen LogP contribution in [0.2, 0.25) is 0 Å². The van der Waals surface area contributed by atoms with Crippen LogP contribution in [0.3, 0.4) is 0 Å². The van der Waals surface area contributed by atoms with Crippen LogP contribution in [0, 0.1) is 46.3 Å². The number of rotatable bonds is 75. The van der Waals surface area contributed by atoms with Gasteiger partial charge in [0, 0.05) is 80.5 Å². The van der Waals surface area contributed by atoms with Gasteiger partial charge >= 0.3 is 105 Å². The number of hydrogen-bond donors (Lipinski definition) is 14. The number of nitrogens with one attached hydrogen (secondary N) is 1. The second-order valence-electron chi connectivity index (χ2n) is 28.4. The lowest BCUT2D eigenvalue weighted by Crippen LogP contribution is -2.49. The first kappa shape index (κ1) is 122. The minimum Gasteiger partial charge on any atom is -0.465 e. The highest BCUT2D eigenvalue weighted by Gasteiger charge is 2.42. The monoisotopic (exact) mass is 2060 g/mol. The number of carbonyl (C=O) groups is 12. The molecule has 0 aromatic rings. The van der Waals surface area contributed by atoms with Gasteiger partial charge in [0.15, 0.2) is 0 Å². The van der Waals surface area contributed by atoms with E-state index in [1.165, 1.54) is 55.4 Å². The van der Waals surface area contributed by atoms with Crippen LogP contribution in [0.25, 0.3) is 0 Å². The van der Waals surface area contributed by atoms with Crippen LogP contribution < -0.4 is 5.32 Å².